The van der Waals surface area contributed by atoms with Crippen LogP contribution in [0.15, 0.2) is 0 Å². The van der Waals surface area contributed by atoms with E-state index in [9.17, 15) is 0 Å². The van der Waals surface area contributed by atoms with E-state index in [1.165, 1.54) is 0 Å². The van der Waals surface area contributed by atoms with Gasteiger partial charge in [0.1, 0.15) is 0 Å². The van der Waals surface area contributed by atoms with E-state index in [0.717, 1.165) is 0 Å². The zero-order valence-electron chi connectivity index (χ0n) is 6.71. The van der Waals surface area contributed by atoms with E-state index in [2.05, 4.69) is 0 Å². The van der Waals surface area contributed by atoms with Gasteiger partial charge in [-0.2, -0.15) is 0 Å². The van der Waals surface area contributed by atoms with E-state index < -0.39 is 0 Å². The standard InChI is InChI=1S/Al.K.Li.Mg.7H/q;2*+1;+2;;;;4*-1. The summed E-state index contributed by atoms with van der Waals surface area (Å²) in [7, 11) is 0. The zero-order valence-corrected chi connectivity index (χ0v) is 7.24. The second kappa shape index (κ2) is 16.0. The minimum atomic E-state index is 0. The second-order valence-corrected chi connectivity index (χ2v) is 0. The molecule has 0 aliphatic carbocycles. The summed E-state index contributed by atoms with van der Waals surface area (Å²) in [5.74, 6) is 0. The summed E-state index contributed by atoms with van der Waals surface area (Å²) in [5.41, 5.74) is 0. The quantitative estimate of drug-likeness (QED) is 0.268. The molecular formula is H7AlKLiMg. The van der Waals surface area contributed by atoms with Gasteiger partial charge < -0.3 is 5.71 Å². The molecule has 0 amide bonds. The third kappa shape index (κ3) is 9.11. The fourth-order valence-corrected chi connectivity index (χ4v) is 0. The van der Waals surface area contributed by atoms with E-state index in [-0.39, 0.29) is 116 Å². The summed E-state index contributed by atoms with van der Waals surface area (Å²) >= 11 is 0. The first-order valence-corrected chi connectivity index (χ1v) is 0. The van der Waals surface area contributed by atoms with E-state index in [0.29, 0.717) is 0 Å². The van der Waals surface area contributed by atoms with Crippen LogP contribution in [0.5, 0.6) is 0 Å². The van der Waals surface area contributed by atoms with Gasteiger partial charge in [0.25, 0.3) is 0 Å². The maximum atomic E-state index is 0. The van der Waals surface area contributed by atoms with Crippen molar-refractivity contribution < 1.29 is 76.0 Å². The van der Waals surface area contributed by atoms with E-state index in [4.69, 9.17) is 0 Å². The number of hydrogen-bond donors (Lipinski definition) is 0. The minimum Gasteiger partial charge on any atom is -1.00 e. The molecule has 4 heteroatoms. The van der Waals surface area contributed by atoms with Gasteiger partial charge in [-0.05, 0) is 0 Å². The summed E-state index contributed by atoms with van der Waals surface area (Å²) < 4.78 is 0. The smallest absolute Gasteiger partial charge is 1.00 e. The summed E-state index contributed by atoms with van der Waals surface area (Å²) in [6.07, 6.45) is 0. The monoisotopic (exact) mass is 104 g/mol. The van der Waals surface area contributed by atoms with Crippen LogP contribution in [-0.4, -0.2) is 40.4 Å². The Morgan fingerprint density at radius 3 is 1.25 bits per heavy atom. The maximum absolute atomic E-state index is 0. The summed E-state index contributed by atoms with van der Waals surface area (Å²) in [4.78, 5) is 0. The number of rotatable bonds is 0. The molecule has 0 spiro atoms. The molecule has 0 N–H and O–H groups in total. The molecule has 0 aromatic carbocycles. The van der Waals surface area contributed by atoms with Crippen LogP contribution in [0.4, 0.5) is 0 Å². The Hall–Kier alpha value is 3.53. The van der Waals surface area contributed by atoms with Crippen molar-refractivity contribution in [3.63, 3.8) is 0 Å². The van der Waals surface area contributed by atoms with Crippen LogP contribution >= 0.6 is 0 Å². The topological polar surface area (TPSA) is 0 Å². The zero-order chi connectivity index (χ0) is 0. The van der Waals surface area contributed by atoms with Crippen LogP contribution in [0.2, 0.25) is 0 Å². The van der Waals surface area contributed by atoms with Crippen molar-refractivity contribution in [2.24, 2.45) is 0 Å². The second-order valence-electron chi connectivity index (χ2n) is 0. The molecule has 0 fully saturated rings. The van der Waals surface area contributed by atoms with Crippen molar-refractivity contribution in [2.45, 2.75) is 0 Å². The average molecular weight is 104 g/mol. The molecule has 0 rings (SSSR count). The van der Waals surface area contributed by atoms with Crippen LogP contribution in [0.25, 0.3) is 0 Å². The Morgan fingerprint density at radius 2 is 1.25 bits per heavy atom. The Balaban J connectivity index is 0. The van der Waals surface area contributed by atoms with Gasteiger partial charge in [0, 0.05) is 0 Å². The van der Waals surface area contributed by atoms with Crippen LogP contribution in [-0.2, 0) is 0 Å². The van der Waals surface area contributed by atoms with Crippen molar-refractivity contribution in [1.82, 2.24) is 0 Å². The van der Waals surface area contributed by atoms with Crippen molar-refractivity contribution in [1.29, 1.82) is 0 Å². The summed E-state index contributed by atoms with van der Waals surface area (Å²) in [5, 5.41) is 0. The van der Waals surface area contributed by atoms with Crippen LogP contribution < -0.4 is 70.2 Å². The van der Waals surface area contributed by atoms with Gasteiger partial charge in [0.15, 0.2) is 17.4 Å². The van der Waals surface area contributed by atoms with Gasteiger partial charge in [-0.15, -0.1) is 0 Å². The average Bonchev–Trinajstić information content (AvgIpc) is 0. The van der Waals surface area contributed by atoms with Crippen molar-refractivity contribution in [3.05, 3.63) is 0 Å². The first kappa shape index (κ1) is 25.8. The molecule has 0 heterocycles. The van der Waals surface area contributed by atoms with Gasteiger partial charge in [-0.1, -0.05) is 0 Å². The number of hydrogen-bond acceptors (Lipinski definition) is 0. The Kier molecular flexibility index (Phi) is 103. The Morgan fingerprint density at radius 1 is 1.25 bits per heavy atom. The first-order chi connectivity index (χ1) is 0. The minimum absolute atomic E-state index is 0. The first-order valence-electron chi connectivity index (χ1n) is 0. The normalized spacial score (nSPS) is 0. The molecule has 0 atom stereocenters. The van der Waals surface area contributed by atoms with Crippen LogP contribution in [0.3, 0.4) is 0 Å². The largest absolute Gasteiger partial charge is 2.00 e. The van der Waals surface area contributed by atoms with Crippen molar-refractivity contribution in [3.8, 4) is 0 Å². The Bertz CT molecular complexity index is 16.0. The van der Waals surface area contributed by atoms with E-state index in [1.807, 2.05) is 0 Å². The molecular weight excluding hydrogens is 97.3 g/mol. The third-order valence-corrected chi connectivity index (χ3v) is 0. The molecule has 0 bridgehead atoms. The van der Waals surface area contributed by atoms with Crippen LogP contribution in [0.1, 0.15) is 5.71 Å². The molecule has 4 heavy (non-hydrogen) atoms. The molecule has 0 saturated carbocycles. The molecule has 0 unspecified atom stereocenters. The van der Waals surface area contributed by atoms with Crippen molar-refractivity contribution in [2.75, 3.05) is 0 Å². The van der Waals surface area contributed by atoms with Gasteiger partial charge in [0.2, 0.25) is 0 Å². The predicted molar refractivity (Wildman–Crippen MR) is 20.1 cm³/mol. The Labute approximate surface area is 114 Å². The van der Waals surface area contributed by atoms with Gasteiger partial charge in [0.05, 0.1) is 0 Å². The molecule has 0 aromatic heterocycles. The SMILES string of the molecule is [AlH3].[H-].[H-].[H-].[H-].[K+].[Li+].[Mg+2]. The third-order valence-electron chi connectivity index (χ3n) is 0. The molecule has 14 valence electrons. The van der Waals surface area contributed by atoms with Gasteiger partial charge >= 0.3 is 93.3 Å². The maximum Gasteiger partial charge on any atom is 2.00 e. The van der Waals surface area contributed by atoms with E-state index in [1.54, 1.807) is 0 Å². The predicted octanol–water partition coefficient (Wildman–Crippen LogP) is -7.11. The van der Waals surface area contributed by atoms with Gasteiger partial charge in [-0.3, -0.25) is 0 Å². The molecule has 0 nitrogen and oxygen atoms in total. The fourth-order valence-electron chi connectivity index (χ4n) is 0. The molecule has 0 radical (unpaired) electrons. The van der Waals surface area contributed by atoms with Crippen LogP contribution in [0, 0.1) is 0 Å². The summed E-state index contributed by atoms with van der Waals surface area (Å²) in [6.45, 7) is 0. The van der Waals surface area contributed by atoms with Gasteiger partial charge in [-0.25, -0.2) is 0 Å². The summed E-state index contributed by atoms with van der Waals surface area (Å²) in [6, 6.07) is 0. The molecule has 0 saturated heterocycles. The van der Waals surface area contributed by atoms with Crippen molar-refractivity contribution >= 4 is 40.4 Å². The van der Waals surface area contributed by atoms with E-state index >= 15 is 0 Å². The molecule has 0 aromatic rings. The molecule has 0 aliphatic rings. The molecule has 0 aliphatic heterocycles. The fraction of sp³-hybridized carbons (Fsp3) is 0.